The molecule has 0 aromatic carbocycles. The average Bonchev–Trinajstić information content (AvgIpc) is 2.25. The number of rotatable bonds is 4. The van der Waals surface area contributed by atoms with Gasteiger partial charge in [-0.2, -0.15) is 0 Å². The fourth-order valence-corrected chi connectivity index (χ4v) is 1.88. The minimum absolute atomic E-state index is 0.212. The molecule has 1 rings (SSSR count). The fraction of sp³-hybridized carbons (Fsp3) is 0.923. The van der Waals surface area contributed by atoms with Crippen LogP contribution in [0.4, 0.5) is 4.79 Å². The van der Waals surface area contributed by atoms with Crippen LogP contribution in [0.3, 0.4) is 0 Å². The zero-order valence-electron chi connectivity index (χ0n) is 11.9. The summed E-state index contributed by atoms with van der Waals surface area (Å²) in [6, 6.07) is 0.610. The SMILES string of the molecule is CC(CNC(=O)OC(C)(C)C)NC1CCCOC1. The van der Waals surface area contributed by atoms with Crippen LogP contribution in [0.5, 0.6) is 0 Å². The van der Waals surface area contributed by atoms with Gasteiger partial charge in [0.05, 0.1) is 6.61 Å². The number of hydrogen-bond donors (Lipinski definition) is 2. The third-order valence-corrected chi connectivity index (χ3v) is 2.63. The molecule has 1 aliphatic rings. The van der Waals surface area contributed by atoms with Gasteiger partial charge in [-0.25, -0.2) is 4.79 Å². The van der Waals surface area contributed by atoms with Crippen molar-refractivity contribution in [3.05, 3.63) is 0 Å². The molecule has 1 saturated heterocycles. The third kappa shape index (κ3) is 6.81. The van der Waals surface area contributed by atoms with Crippen LogP contribution in [0, 0.1) is 0 Å². The Hall–Kier alpha value is -0.810. The first-order chi connectivity index (χ1) is 8.37. The number of amides is 1. The predicted octanol–water partition coefficient (Wildman–Crippen LogP) is 1.67. The predicted molar refractivity (Wildman–Crippen MR) is 70.7 cm³/mol. The van der Waals surface area contributed by atoms with Crippen LogP contribution in [0.2, 0.25) is 0 Å². The normalized spacial score (nSPS) is 22.3. The Balaban J connectivity index is 2.16. The van der Waals surface area contributed by atoms with Gasteiger partial charge in [0.2, 0.25) is 0 Å². The van der Waals surface area contributed by atoms with Crippen LogP contribution in [0.1, 0.15) is 40.5 Å². The van der Waals surface area contributed by atoms with E-state index in [0.717, 1.165) is 26.1 Å². The highest BCUT2D eigenvalue weighted by molar-refractivity contribution is 5.67. The molecule has 5 nitrogen and oxygen atoms in total. The molecule has 2 atom stereocenters. The first-order valence-electron chi connectivity index (χ1n) is 6.67. The van der Waals surface area contributed by atoms with Crippen molar-refractivity contribution in [2.24, 2.45) is 0 Å². The maximum absolute atomic E-state index is 11.5. The summed E-state index contributed by atoms with van der Waals surface area (Å²) in [5.41, 5.74) is -0.446. The molecule has 0 spiro atoms. The van der Waals surface area contributed by atoms with E-state index in [1.54, 1.807) is 0 Å². The monoisotopic (exact) mass is 258 g/mol. The van der Waals surface area contributed by atoms with E-state index in [0.29, 0.717) is 12.6 Å². The van der Waals surface area contributed by atoms with Gasteiger partial charge < -0.3 is 20.1 Å². The molecular formula is C13H26N2O3. The molecule has 1 fully saturated rings. The van der Waals surface area contributed by atoms with Crippen LogP contribution in [-0.4, -0.2) is 43.5 Å². The van der Waals surface area contributed by atoms with E-state index >= 15 is 0 Å². The molecule has 5 heteroatoms. The van der Waals surface area contributed by atoms with Crippen LogP contribution >= 0.6 is 0 Å². The average molecular weight is 258 g/mol. The first kappa shape index (κ1) is 15.2. The smallest absolute Gasteiger partial charge is 0.407 e. The summed E-state index contributed by atoms with van der Waals surface area (Å²) in [5, 5.41) is 6.21. The van der Waals surface area contributed by atoms with Gasteiger partial charge in [0.15, 0.2) is 0 Å². The summed E-state index contributed by atoms with van der Waals surface area (Å²) in [6.45, 7) is 9.80. The Morgan fingerprint density at radius 1 is 1.50 bits per heavy atom. The second kappa shape index (κ2) is 6.95. The number of hydrogen-bond acceptors (Lipinski definition) is 4. The highest BCUT2D eigenvalue weighted by Gasteiger charge is 2.18. The first-order valence-corrected chi connectivity index (χ1v) is 6.67. The number of ether oxygens (including phenoxy) is 2. The molecule has 106 valence electrons. The Bertz CT molecular complexity index is 257. The molecule has 0 saturated carbocycles. The summed E-state index contributed by atoms with van der Waals surface area (Å²) < 4.78 is 10.6. The summed E-state index contributed by atoms with van der Waals surface area (Å²) in [6.07, 6.45) is 1.87. The Morgan fingerprint density at radius 2 is 2.22 bits per heavy atom. The lowest BCUT2D eigenvalue weighted by Gasteiger charge is -2.27. The quantitative estimate of drug-likeness (QED) is 0.805. The maximum atomic E-state index is 11.5. The number of carbonyl (C=O) groups excluding carboxylic acids is 1. The van der Waals surface area contributed by atoms with Gasteiger partial charge >= 0.3 is 6.09 Å². The Labute approximate surface area is 110 Å². The number of nitrogens with one attached hydrogen (secondary N) is 2. The maximum Gasteiger partial charge on any atom is 0.407 e. The molecule has 1 heterocycles. The lowest BCUT2D eigenvalue weighted by Crippen LogP contribution is -2.47. The van der Waals surface area contributed by atoms with Crippen LogP contribution in [-0.2, 0) is 9.47 Å². The van der Waals surface area contributed by atoms with Crippen molar-refractivity contribution < 1.29 is 14.3 Å². The zero-order valence-corrected chi connectivity index (χ0v) is 11.9. The van der Waals surface area contributed by atoms with Crippen molar-refractivity contribution in [2.75, 3.05) is 19.8 Å². The van der Waals surface area contributed by atoms with Crippen molar-refractivity contribution in [1.82, 2.24) is 10.6 Å². The fourth-order valence-electron chi connectivity index (χ4n) is 1.88. The van der Waals surface area contributed by atoms with Crippen molar-refractivity contribution in [3.63, 3.8) is 0 Å². The standard InChI is InChI=1S/C13H26N2O3/c1-10(15-11-6-5-7-17-9-11)8-14-12(16)18-13(2,3)4/h10-11,15H,5-9H2,1-4H3,(H,14,16). The van der Waals surface area contributed by atoms with Gasteiger partial charge in [0.1, 0.15) is 5.60 Å². The van der Waals surface area contributed by atoms with Crippen LogP contribution in [0.15, 0.2) is 0 Å². The van der Waals surface area contributed by atoms with E-state index in [1.165, 1.54) is 0 Å². The number of alkyl carbamates (subject to hydrolysis) is 1. The summed E-state index contributed by atoms with van der Waals surface area (Å²) in [7, 11) is 0. The van der Waals surface area contributed by atoms with E-state index in [9.17, 15) is 4.79 Å². The summed E-state index contributed by atoms with van der Waals surface area (Å²) >= 11 is 0. The molecule has 0 radical (unpaired) electrons. The Kier molecular flexibility index (Phi) is 5.88. The van der Waals surface area contributed by atoms with E-state index in [4.69, 9.17) is 9.47 Å². The van der Waals surface area contributed by atoms with Gasteiger partial charge in [-0.3, -0.25) is 0 Å². The number of carbonyl (C=O) groups is 1. The largest absolute Gasteiger partial charge is 0.444 e. The summed E-state index contributed by atoms with van der Waals surface area (Å²) in [4.78, 5) is 11.5. The lowest BCUT2D eigenvalue weighted by atomic mass is 10.1. The van der Waals surface area contributed by atoms with Crippen molar-refractivity contribution in [3.8, 4) is 0 Å². The van der Waals surface area contributed by atoms with Gasteiger partial charge in [-0.15, -0.1) is 0 Å². The van der Waals surface area contributed by atoms with E-state index < -0.39 is 5.60 Å². The molecule has 1 amide bonds. The van der Waals surface area contributed by atoms with Gasteiger partial charge in [0, 0.05) is 25.2 Å². The Morgan fingerprint density at radius 3 is 2.78 bits per heavy atom. The minimum atomic E-state index is -0.446. The van der Waals surface area contributed by atoms with Crippen LogP contribution < -0.4 is 10.6 Å². The molecule has 0 aromatic heterocycles. The van der Waals surface area contributed by atoms with E-state index in [-0.39, 0.29) is 12.1 Å². The molecule has 2 unspecified atom stereocenters. The van der Waals surface area contributed by atoms with Gasteiger partial charge in [-0.1, -0.05) is 0 Å². The molecule has 0 aromatic rings. The molecular weight excluding hydrogens is 232 g/mol. The molecule has 1 aliphatic heterocycles. The van der Waals surface area contributed by atoms with Crippen LogP contribution in [0.25, 0.3) is 0 Å². The minimum Gasteiger partial charge on any atom is -0.444 e. The summed E-state index contributed by atoms with van der Waals surface area (Å²) in [5.74, 6) is 0. The topological polar surface area (TPSA) is 59.6 Å². The molecule has 18 heavy (non-hydrogen) atoms. The third-order valence-electron chi connectivity index (χ3n) is 2.63. The zero-order chi connectivity index (χ0) is 13.6. The second-order valence-corrected chi connectivity index (χ2v) is 5.86. The van der Waals surface area contributed by atoms with Crippen molar-refractivity contribution in [1.29, 1.82) is 0 Å². The highest BCUT2D eigenvalue weighted by Crippen LogP contribution is 2.07. The second-order valence-electron chi connectivity index (χ2n) is 5.86. The highest BCUT2D eigenvalue weighted by atomic mass is 16.6. The lowest BCUT2D eigenvalue weighted by molar-refractivity contribution is 0.0510. The molecule has 0 aliphatic carbocycles. The van der Waals surface area contributed by atoms with Crippen molar-refractivity contribution >= 4 is 6.09 Å². The molecule has 2 N–H and O–H groups in total. The molecule has 0 bridgehead atoms. The van der Waals surface area contributed by atoms with E-state index in [1.807, 2.05) is 27.7 Å². The van der Waals surface area contributed by atoms with Gasteiger partial charge in [0.25, 0.3) is 0 Å². The van der Waals surface area contributed by atoms with Crippen molar-refractivity contribution in [2.45, 2.75) is 58.2 Å². The van der Waals surface area contributed by atoms with Gasteiger partial charge in [-0.05, 0) is 40.5 Å². The van der Waals surface area contributed by atoms with E-state index in [2.05, 4.69) is 10.6 Å².